The molecule has 3 rings (SSSR count). The fraction of sp³-hybridized carbons (Fsp3) is 0.222. The molecule has 0 fully saturated rings. The highest BCUT2D eigenvalue weighted by Crippen LogP contribution is 2.30. The van der Waals surface area contributed by atoms with E-state index in [0.717, 1.165) is 5.56 Å². The molecule has 0 atom stereocenters. The first kappa shape index (κ1) is 19.5. The summed E-state index contributed by atoms with van der Waals surface area (Å²) in [4.78, 5) is 24.7. The van der Waals surface area contributed by atoms with Gasteiger partial charge in [0.25, 0.3) is 10.0 Å². The van der Waals surface area contributed by atoms with E-state index in [0.29, 0.717) is 17.9 Å². The zero-order chi connectivity index (χ0) is 20.5. The lowest BCUT2D eigenvalue weighted by atomic mass is 10.1. The van der Waals surface area contributed by atoms with Crippen LogP contribution in [0.25, 0.3) is 0 Å². The molecule has 0 aromatic heterocycles. The first-order valence-electron chi connectivity index (χ1n) is 8.19. The summed E-state index contributed by atoms with van der Waals surface area (Å²) < 4.78 is 38.1. The van der Waals surface area contributed by atoms with Gasteiger partial charge in [-0.1, -0.05) is 0 Å². The van der Waals surface area contributed by atoms with E-state index in [4.69, 9.17) is 4.74 Å². The summed E-state index contributed by atoms with van der Waals surface area (Å²) in [6.45, 7) is 0.345. The van der Waals surface area contributed by atoms with Crippen molar-refractivity contribution in [2.24, 2.45) is 0 Å². The largest absolute Gasteiger partial charge is 0.495 e. The molecule has 2 amide bonds. The molecule has 0 saturated carbocycles. The molecule has 1 aliphatic heterocycles. The van der Waals surface area contributed by atoms with Crippen LogP contribution in [0, 0.1) is 0 Å². The molecular weight excluding hydrogens is 386 g/mol. The summed E-state index contributed by atoms with van der Waals surface area (Å²) in [5.41, 5.74) is 1.78. The Morgan fingerprint density at radius 2 is 1.93 bits per heavy atom. The summed E-state index contributed by atoms with van der Waals surface area (Å²) in [6, 6.07) is 8.57. The Morgan fingerprint density at radius 1 is 1.18 bits per heavy atom. The number of hydrogen-bond acceptors (Lipinski definition) is 6. The molecular formula is C18H19N3O6S. The molecule has 28 heavy (non-hydrogen) atoms. The number of rotatable bonds is 5. The predicted molar refractivity (Wildman–Crippen MR) is 102 cm³/mol. The molecule has 0 spiro atoms. The molecule has 0 saturated heterocycles. The average molecular weight is 405 g/mol. The smallest absolute Gasteiger partial charge is 0.337 e. The van der Waals surface area contributed by atoms with E-state index in [1.807, 2.05) is 0 Å². The number of nitrogens with one attached hydrogen (secondary N) is 2. The number of benzene rings is 2. The highest BCUT2D eigenvalue weighted by molar-refractivity contribution is 7.92. The van der Waals surface area contributed by atoms with Crippen LogP contribution in [0.3, 0.4) is 0 Å². The van der Waals surface area contributed by atoms with E-state index in [2.05, 4.69) is 14.8 Å². The minimum atomic E-state index is -4.05. The summed E-state index contributed by atoms with van der Waals surface area (Å²) in [5.74, 6) is -0.572. The predicted octanol–water partition coefficient (Wildman–Crippen LogP) is 2.26. The Hall–Kier alpha value is -3.27. The van der Waals surface area contributed by atoms with Gasteiger partial charge in [0.1, 0.15) is 10.6 Å². The van der Waals surface area contributed by atoms with E-state index < -0.39 is 16.0 Å². The minimum Gasteiger partial charge on any atom is -0.495 e. The Labute approximate surface area is 162 Å². The maximum Gasteiger partial charge on any atom is 0.337 e. The van der Waals surface area contributed by atoms with Crippen molar-refractivity contribution in [1.29, 1.82) is 0 Å². The third kappa shape index (κ3) is 3.72. The molecule has 0 unspecified atom stereocenters. The normalized spacial score (nSPS) is 13.4. The van der Waals surface area contributed by atoms with Gasteiger partial charge in [0, 0.05) is 25.0 Å². The third-order valence-corrected chi connectivity index (χ3v) is 5.63. The van der Waals surface area contributed by atoms with Gasteiger partial charge < -0.3 is 19.7 Å². The van der Waals surface area contributed by atoms with Gasteiger partial charge in [-0.05, 0) is 42.0 Å². The zero-order valence-corrected chi connectivity index (χ0v) is 16.3. The number of esters is 1. The molecule has 148 valence electrons. The number of amides is 2. The van der Waals surface area contributed by atoms with E-state index in [-0.39, 0.29) is 22.2 Å². The molecule has 0 radical (unpaired) electrons. The van der Waals surface area contributed by atoms with Crippen molar-refractivity contribution >= 4 is 33.4 Å². The number of sulfonamides is 1. The summed E-state index contributed by atoms with van der Waals surface area (Å²) in [7, 11) is 0.129. The second-order valence-corrected chi connectivity index (χ2v) is 7.77. The van der Waals surface area contributed by atoms with Crippen LogP contribution in [-0.4, -0.2) is 46.6 Å². The van der Waals surface area contributed by atoms with Crippen molar-refractivity contribution in [2.45, 2.75) is 11.4 Å². The number of fused-ring (bicyclic) bond motifs is 1. The second kappa shape index (κ2) is 7.39. The second-order valence-electron chi connectivity index (χ2n) is 6.12. The SMILES string of the molecule is COC(=O)c1ccc(OC)c(S(=O)(=O)Nc2ccc3c(c2)CN(C)C(=O)N3)c1. The maximum absolute atomic E-state index is 12.9. The van der Waals surface area contributed by atoms with Crippen LogP contribution >= 0.6 is 0 Å². The van der Waals surface area contributed by atoms with E-state index in [1.165, 1.54) is 37.3 Å². The monoisotopic (exact) mass is 405 g/mol. The molecule has 0 bridgehead atoms. The summed E-state index contributed by atoms with van der Waals surface area (Å²) in [5, 5.41) is 2.71. The fourth-order valence-corrected chi connectivity index (χ4v) is 4.04. The molecule has 1 heterocycles. The lowest BCUT2D eigenvalue weighted by Crippen LogP contribution is -2.35. The Balaban J connectivity index is 1.95. The Morgan fingerprint density at radius 3 is 2.61 bits per heavy atom. The van der Waals surface area contributed by atoms with Gasteiger partial charge in [0.15, 0.2) is 0 Å². The molecule has 2 aromatic carbocycles. The van der Waals surface area contributed by atoms with Crippen LogP contribution < -0.4 is 14.8 Å². The standard InChI is InChI=1S/C18H19N3O6S/c1-21-10-12-8-13(5-6-14(12)19-18(21)23)20-28(24,25)16-9-11(17(22)27-3)4-7-15(16)26-2/h4-9,20H,10H2,1-3H3,(H,19,23). The first-order valence-corrected chi connectivity index (χ1v) is 9.67. The number of hydrogen-bond donors (Lipinski definition) is 2. The Kier molecular flexibility index (Phi) is 5.14. The molecule has 2 N–H and O–H groups in total. The number of carbonyl (C=O) groups is 2. The topological polar surface area (TPSA) is 114 Å². The zero-order valence-electron chi connectivity index (χ0n) is 15.5. The number of carbonyl (C=O) groups excluding carboxylic acids is 2. The number of methoxy groups -OCH3 is 2. The molecule has 10 heteroatoms. The van der Waals surface area contributed by atoms with Crippen LogP contribution in [0.4, 0.5) is 16.2 Å². The quantitative estimate of drug-likeness (QED) is 0.738. The van der Waals surface area contributed by atoms with Crippen LogP contribution in [0.5, 0.6) is 5.75 Å². The van der Waals surface area contributed by atoms with Crippen LogP contribution in [0.2, 0.25) is 0 Å². The van der Waals surface area contributed by atoms with Gasteiger partial charge in [-0.25, -0.2) is 18.0 Å². The van der Waals surface area contributed by atoms with Crippen molar-refractivity contribution in [2.75, 3.05) is 31.3 Å². The van der Waals surface area contributed by atoms with Gasteiger partial charge in [-0.2, -0.15) is 0 Å². The lowest BCUT2D eigenvalue weighted by Gasteiger charge is -2.26. The van der Waals surface area contributed by atoms with Crippen molar-refractivity contribution in [3.8, 4) is 5.75 Å². The Bertz CT molecular complexity index is 1050. The van der Waals surface area contributed by atoms with E-state index >= 15 is 0 Å². The minimum absolute atomic E-state index is 0.0819. The highest BCUT2D eigenvalue weighted by Gasteiger charge is 2.24. The fourth-order valence-electron chi connectivity index (χ4n) is 2.79. The van der Waals surface area contributed by atoms with Crippen LogP contribution in [-0.2, 0) is 21.3 Å². The summed E-state index contributed by atoms with van der Waals surface area (Å²) >= 11 is 0. The van der Waals surface area contributed by atoms with Gasteiger partial charge >= 0.3 is 12.0 Å². The lowest BCUT2D eigenvalue weighted by molar-refractivity contribution is 0.0600. The maximum atomic E-state index is 12.9. The van der Waals surface area contributed by atoms with Crippen molar-refractivity contribution < 1.29 is 27.5 Å². The van der Waals surface area contributed by atoms with Crippen molar-refractivity contribution in [3.63, 3.8) is 0 Å². The first-order chi connectivity index (χ1) is 13.2. The molecule has 2 aromatic rings. The molecule has 1 aliphatic rings. The van der Waals surface area contributed by atoms with Gasteiger partial charge in [0.05, 0.1) is 19.8 Å². The van der Waals surface area contributed by atoms with Crippen molar-refractivity contribution in [1.82, 2.24) is 4.90 Å². The average Bonchev–Trinajstić information content (AvgIpc) is 2.67. The number of urea groups is 1. The van der Waals surface area contributed by atoms with Gasteiger partial charge in [0.2, 0.25) is 0 Å². The van der Waals surface area contributed by atoms with Crippen LogP contribution in [0.1, 0.15) is 15.9 Å². The molecule has 9 nitrogen and oxygen atoms in total. The van der Waals surface area contributed by atoms with Crippen LogP contribution in [0.15, 0.2) is 41.3 Å². The highest BCUT2D eigenvalue weighted by atomic mass is 32.2. The number of ether oxygens (including phenoxy) is 2. The van der Waals surface area contributed by atoms with E-state index in [1.54, 1.807) is 25.2 Å². The van der Waals surface area contributed by atoms with Crippen molar-refractivity contribution in [3.05, 3.63) is 47.5 Å². The molecule has 0 aliphatic carbocycles. The summed E-state index contributed by atoms with van der Waals surface area (Å²) in [6.07, 6.45) is 0. The van der Waals surface area contributed by atoms with Gasteiger partial charge in [-0.3, -0.25) is 4.72 Å². The number of anilines is 2. The van der Waals surface area contributed by atoms with E-state index in [9.17, 15) is 18.0 Å². The third-order valence-electron chi connectivity index (χ3n) is 4.23. The number of nitrogens with zero attached hydrogens (tertiary/aromatic N) is 1. The van der Waals surface area contributed by atoms with Gasteiger partial charge in [-0.15, -0.1) is 0 Å².